The van der Waals surface area contributed by atoms with Crippen molar-refractivity contribution in [2.24, 2.45) is 0 Å². The molecule has 3 aromatic rings. The number of benzene rings is 3. The molecule has 0 aliphatic heterocycles. The van der Waals surface area contributed by atoms with Gasteiger partial charge >= 0.3 is 0 Å². The predicted octanol–water partition coefficient (Wildman–Crippen LogP) is 3.61. The van der Waals surface area contributed by atoms with E-state index in [0.29, 0.717) is 11.5 Å². The van der Waals surface area contributed by atoms with Gasteiger partial charge in [0, 0.05) is 6.07 Å². The molecule has 1 amide bonds. The van der Waals surface area contributed by atoms with Crippen LogP contribution < -0.4 is 19.5 Å². The van der Waals surface area contributed by atoms with Gasteiger partial charge in [0.2, 0.25) is 0 Å². The fraction of sp³-hybridized carbons (Fsp3) is 0.174. The Balaban J connectivity index is 1.62. The topological polar surface area (TPSA) is 93.7 Å². The number of aryl methyl sites for hydroxylation is 1. The molecule has 2 N–H and O–H groups in total. The van der Waals surface area contributed by atoms with E-state index in [4.69, 9.17) is 9.47 Å². The third kappa shape index (κ3) is 5.99. The van der Waals surface area contributed by atoms with Crippen LogP contribution in [0.15, 0.2) is 77.7 Å². The Kier molecular flexibility index (Phi) is 7.15. The fourth-order valence-electron chi connectivity index (χ4n) is 2.81. The van der Waals surface area contributed by atoms with Crippen LogP contribution >= 0.6 is 0 Å². The van der Waals surface area contributed by atoms with Crippen LogP contribution in [0, 0.1) is 6.92 Å². The average molecular weight is 441 g/mol. The average Bonchev–Trinajstić information content (AvgIpc) is 2.77. The number of hydrogen-bond acceptors (Lipinski definition) is 5. The van der Waals surface area contributed by atoms with E-state index in [1.165, 1.54) is 12.1 Å². The smallest absolute Gasteiger partial charge is 0.261 e. The van der Waals surface area contributed by atoms with E-state index in [0.717, 1.165) is 5.56 Å². The number of rotatable bonds is 9. The number of nitrogens with one attached hydrogen (secondary N) is 2. The van der Waals surface area contributed by atoms with E-state index in [1.807, 2.05) is 19.1 Å². The van der Waals surface area contributed by atoms with Gasteiger partial charge in [-0.05, 0) is 43.3 Å². The van der Waals surface area contributed by atoms with Crippen molar-refractivity contribution in [3.63, 3.8) is 0 Å². The van der Waals surface area contributed by atoms with Crippen LogP contribution in [0.2, 0.25) is 0 Å². The van der Waals surface area contributed by atoms with Crippen molar-refractivity contribution in [1.82, 2.24) is 5.32 Å². The van der Waals surface area contributed by atoms with E-state index < -0.39 is 15.9 Å². The fourth-order valence-corrected chi connectivity index (χ4v) is 3.89. The summed E-state index contributed by atoms with van der Waals surface area (Å²) in [6.07, 6.45) is 0. The maximum Gasteiger partial charge on any atom is 0.261 e. The molecule has 0 aromatic heterocycles. The van der Waals surface area contributed by atoms with Crippen molar-refractivity contribution in [2.75, 3.05) is 25.0 Å². The van der Waals surface area contributed by atoms with Crippen molar-refractivity contribution >= 4 is 21.6 Å². The molecule has 0 heterocycles. The summed E-state index contributed by atoms with van der Waals surface area (Å²) in [6.45, 7) is 2.37. The molecule has 3 aromatic carbocycles. The summed E-state index contributed by atoms with van der Waals surface area (Å²) in [6, 6.07) is 20.1. The highest BCUT2D eigenvalue weighted by Crippen LogP contribution is 2.21. The van der Waals surface area contributed by atoms with E-state index in [1.54, 1.807) is 55.6 Å². The van der Waals surface area contributed by atoms with E-state index >= 15 is 0 Å². The van der Waals surface area contributed by atoms with E-state index in [2.05, 4.69) is 10.0 Å². The minimum absolute atomic E-state index is 0.125. The maximum absolute atomic E-state index is 12.7. The number of ether oxygens (including phenoxy) is 2. The first-order valence-corrected chi connectivity index (χ1v) is 11.1. The van der Waals surface area contributed by atoms with Crippen LogP contribution in [0.4, 0.5) is 5.69 Å². The summed E-state index contributed by atoms with van der Waals surface area (Å²) in [7, 11) is -2.25. The number of carbonyl (C=O) groups is 1. The number of methoxy groups -OCH3 is 1. The Labute approximate surface area is 182 Å². The number of para-hydroxylation sites is 1. The number of amides is 1. The van der Waals surface area contributed by atoms with Gasteiger partial charge in [-0.25, -0.2) is 8.42 Å². The van der Waals surface area contributed by atoms with Gasteiger partial charge in [0.1, 0.15) is 18.1 Å². The van der Waals surface area contributed by atoms with Crippen molar-refractivity contribution < 1.29 is 22.7 Å². The molecule has 3 rings (SSSR count). The summed E-state index contributed by atoms with van der Waals surface area (Å²) >= 11 is 0. The molecule has 8 heteroatoms. The molecule has 31 heavy (non-hydrogen) atoms. The van der Waals surface area contributed by atoms with Crippen molar-refractivity contribution in [1.29, 1.82) is 0 Å². The zero-order valence-corrected chi connectivity index (χ0v) is 18.1. The Morgan fingerprint density at radius 3 is 2.39 bits per heavy atom. The minimum atomic E-state index is -3.82. The number of anilines is 1. The highest BCUT2D eigenvalue weighted by atomic mass is 32.2. The molecule has 0 atom stereocenters. The number of sulfonamides is 1. The van der Waals surface area contributed by atoms with E-state index in [-0.39, 0.29) is 29.3 Å². The molecule has 0 unspecified atom stereocenters. The summed E-state index contributed by atoms with van der Waals surface area (Å²) in [5.74, 6) is 0.896. The van der Waals surface area contributed by atoms with Gasteiger partial charge in [0.25, 0.3) is 15.9 Å². The van der Waals surface area contributed by atoms with Crippen LogP contribution in [0.1, 0.15) is 15.9 Å². The first-order chi connectivity index (χ1) is 14.9. The zero-order valence-electron chi connectivity index (χ0n) is 17.3. The van der Waals surface area contributed by atoms with E-state index in [9.17, 15) is 13.2 Å². The van der Waals surface area contributed by atoms with Gasteiger partial charge in [0.05, 0.1) is 29.8 Å². The standard InChI is InChI=1S/C23H24N2O5S/c1-17-10-12-20(13-11-17)31(27,28)25-22-9-4-3-8-21(22)23(26)24-14-15-30-19-7-5-6-18(16-19)29-2/h3-13,16,25H,14-15H2,1-2H3,(H,24,26). The first kappa shape index (κ1) is 22.2. The summed E-state index contributed by atoms with van der Waals surface area (Å²) in [4.78, 5) is 12.7. The van der Waals surface area contributed by atoms with Crippen molar-refractivity contribution in [3.8, 4) is 11.5 Å². The molecule has 0 bridgehead atoms. The van der Waals surface area contributed by atoms with Gasteiger partial charge < -0.3 is 14.8 Å². The lowest BCUT2D eigenvalue weighted by molar-refractivity contribution is 0.0948. The molecule has 0 aliphatic carbocycles. The van der Waals surface area contributed by atoms with Crippen LogP contribution in [0.3, 0.4) is 0 Å². The van der Waals surface area contributed by atoms with Gasteiger partial charge in [0.15, 0.2) is 0 Å². The van der Waals surface area contributed by atoms with Gasteiger partial charge in [-0.15, -0.1) is 0 Å². The Morgan fingerprint density at radius 2 is 1.65 bits per heavy atom. The second kappa shape index (κ2) is 9.99. The molecule has 0 fully saturated rings. The highest BCUT2D eigenvalue weighted by molar-refractivity contribution is 7.92. The van der Waals surface area contributed by atoms with Gasteiger partial charge in [-0.1, -0.05) is 35.9 Å². The van der Waals surface area contributed by atoms with Gasteiger partial charge in [-0.3, -0.25) is 9.52 Å². The Morgan fingerprint density at radius 1 is 0.935 bits per heavy atom. The minimum Gasteiger partial charge on any atom is -0.497 e. The highest BCUT2D eigenvalue weighted by Gasteiger charge is 2.18. The largest absolute Gasteiger partial charge is 0.497 e. The summed E-state index contributed by atoms with van der Waals surface area (Å²) < 4.78 is 38.6. The predicted molar refractivity (Wildman–Crippen MR) is 119 cm³/mol. The van der Waals surface area contributed by atoms with Crippen LogP contribution in [0.5, 0.6) is 11.5 Å². The van der Waals surface area contributed by atoms with Crippen LogP contribution in [0.25, 0.3) is 0 Å². The molecule has 0 radical (unpaired) electrons. The Bertz CT molecular complexity index is 1140. The zero-order chi connectivity index (χ0) is 22.3. The second-order valence-electron chi connectivity index (χ2n) is 6.75. The summed E-state index contributed by atoms with van der Waals surface area (Å²) in [5, 5.41) is 2.74. The van der Waals surface area contributed by atoms with Crippen molar-refractivity contribution in [3.05, 3.63) is 83.9 Å². The van der Waals surface area contributed by atoms with Crippen molar-refractivity contribution in [2.45, 2.75) is 11.8 Å². The molecule has 0 spiro atoms. The quantitative estimate of drug-likeness (QED) is 0.496. The number of carbonyl (C=O) groups excluding carboxylic acids is 1. The second-order valence-corrected chi connectivity index (χ2v) is 8.43. The molecule has 7 nitrogen and oxygen atoms in total. The number of hydrogen-bond donors (Lipinski definition) is 2. The molecule has 0 saturated heterocycles. The Hall–Kier alpha value is -3.52. The maximum atomic E-state index is 12.7. The van der Waals surface area contributed by atoms with Gasteiger partial charge in [-0.2, -0.15) is 0 Å². The molecule has 0 aliphatic rings. The normalized spacial score (nSPS) is 10.9. The SMILES string of the molecule is COc1cccc(OCCNC(=O)c2ccccc2NS(=O)(=O)c2ccc(C)cc2)c1. The lowest BCUT2D eigenvalue weighted by atomic mass is 10.1. The monoisotopic (exact) mass is 440 g/mol. The third-order valence-electron chi connectivity index (χ3n) is 4.44. The molecular weight excluding hydrogens is 416 g/mol. The molecule has 162 valence electrons. The summed E-state index contributed by atoms with van der Waals surface area (Å²) in [5.41, 5.74) is 1.38. The van der Waals surface area contributed by atoms with Crippen LogP contribution in [-0.2, 0) is 10.0 Å². The molecule has 0 saturated carbocycles. The lowest BCUT2D eigenvalue weighted by Crippen LogP contribution is -2.29. The van der Waals surface area contributed by atoms with Crippen LogP contribution in [-0.4, -0.2) is 34.6 Å². The molecular formula is C23H24N2O5S. The lowest BCUT2D eigenvalue weighted by Gasteiger charge is -2.13. The first-order valence-electron chi connectivity index (χ1n) is 9.62. The third-order valence-corrected chi connectivity index (χ3v) is 5.83.